The van der Waals surface area contributed by atoms with Gasteiger partial charge in [0.05, 0.1) is 12.4 Å². The summed E-state index contributed by atoms with van der Waals surface area (Å²) >= 11 is 0. The van der Waals surface area contributed by atoms with Crippen molar-refractivity contribution >= 4 is 0 Å². The van der Waals surface area contributed by atoms with Gasteiger partial charge in [0.1, 0.15) is 5.82 Å². The van der Waals surface area contributed by atoms with E-state index < -0.39 is 6.23 Å². The van der Waals surface area contributed by atoms with Crippen molar-refractivity contribution in [2.45, 2.75) is 6.23 Å². The van der Waals surface area contributed by atoms with Crippen molar-refractivity contribution in [3.8, 4) is 0 Å². The molecule has 1 atom stereocenters. The summed E-state index contributed by atoms with van der Waals surface area (Å²) < 4.78 is 0. The van der Waals surface area contributed by atoms with Gasteiger partial charge in [-0.15, -0.1) is 0 Å². The predicted molar refractivity (Wildman–Crippen MR) is 45.4 cm³/mol. The van der Waals surface area contributed by atoms with Crippen molar-refractivity contribution in [3.05, 3.63) is 11.5 Å². The molecule has 0 aromatic carbocycles. The average molecular weight is 173 g/mol. The molecular weight excluding hydrogens is 158 g/mol. The minimum Gasteiger partial charge on any atom is -0.384 e. The van der Waals surface area contributed by atoms with Crippen molar-refractivity contribution in [1.29, 1.82) is 0 Å². The number of rotatable bonds is 3. The van der Waals surface area contributed by atoms with Gasteiger partial charge in [0.25, 0.3) is 0 Å². The summed E-state index contributed by atoms with van der Waals surface area (Å²) in [6.45, 7) is 1.57. The van der Waals surface area contributed by atoms with E-state index in [0.717, 1.165) is 0 Å². The molecule has 0 aromatic rings. The molecule has 8 N–H and O–H groups in total. The maximum absolute atomic E-state index is 9.37. The number of aliphatic hydroxyl groups is 1. The van der Waals surface area contributed by atoms with E-state index >= 15 is 0 Å². The SMILES string of the molecule is NCCNC1=C(N)NCNC1O. The molecule has 0 spiro atoms. The minimum absolute atomic E-state index is 0.467. The lowest BCUT2D eigenvalue weighted by Gasteiger charge is -2.26. The van der Waals surface area contributed by atoms with Gasteiger partial charge in [-0.3, -0.25) is 5.32 Å². The molecule has 0 aromatic heterocycles. The van der Waals surface area contributed by atoms with Crippen LogP contribution in [0.25, 0.3) is 0 Å². The molecule has 12 heavy (non-hydrogen) atoms. The molecule has 0 saturated carbocycles. The molecule has 0 fully saturated rings. The van der Waals surface area contributed by atoms with E-state index in [2.05, 4.69) is 16.0 Å². The zero-order chi connectivity index (χ0) is 8.97. The van der Waals surface area contributed by atoms with Crippen molar-refractivity contribution in [1.82, 2.24) is 16.0 Å². The number of nitrogens with one attached hydrogen (secondary N) is 3. The fourth-order valence-electron chi connectivity index (χ4n) is 0.986. The van der Waals surface area contributed by atoms with E-state index in [1.54, 1.807) is 0 Å². The molecule has 1 aliphatic rings. The average Bonchev–Trinajstić information content (AvgIpc) is 2.04. The van der Waals surface area contributed by atoms with Gasteiger partial charge in [0, 0.05) is 13.1 Å². The topological polar surface area (TPSA) is 108 Å². The van der Waals surface area contributed by atoms with Crippen LogP contribution < -0.4 is 27.4 Å². The molecule has 6 nitrogen and oxygen atoms in total. The first-order chi connectivity index (χ1) is 5.75. The minimum atomic E-state index is -0.724. The highest BCUT2D eigenvalue weighted by Gasteiger charge is 2.17. The van der Waals surface area contributed by atoms with E-state index in [4.69, 9.17) is 11.5 Å². The van der Waals surface area contributed by atoms with Crippen LogP contribution in [0.2, 0.25) is 0 Å². The maximum Gasteiger partial charge on any atom is 0.150 e. The highest BCUT2D eigenvalue weighted by molar-refractivity contribution is 5.14. The van der Waals surface area contributed by atoms with Crippen LogP contribution in [0.5, 0.6) is 0 Å². The lowest BCUT2D eigenvalue weighted by atomic mass is 10.3. The summed E-state index contributed by atoms with van der Waals surface area (Å²) in [4.78, 5) is 0. The van der Waals surface area contributed by atoms with Gasteiger partial charge in [-0.1, -0.05) is 0 Å². The van der Waals surface area contributed by atoms with Gasteiger partial charge >= 0.3 is 0 Å². The third-order valence-corrected chi connectivity index (χ3v) is 1.60. The Morgan fingerprint density at radius 1 is 1.67 bits per heavy atom. The quantitative estimate of drug-likeness (QED) is 0.274. The Kier molecular flexibility index (Phi) is 3.15. The first-order valence-corrected chi connectivity index (χ1v) is 3.84. The van der Waals surface area contributed by atoms with Gasteiger partial charge in [-0.25, -0.2) is 0 Å². The molecule has 0 bridgehead atoms. The molecule has 1 heterocycles. The van der Waals surface area contributed by atoms with Gasteiger partial charge in [-0.2, -0.15) is 0 Å². The van der Waals surface area contributed by atoms with Crippen LogP contribution in [0.3, 0.4) is 0 Å². The number of hydrogen-bond acceptors (Lipinski definition) is 6. The van der Waals surface area contributed by atoms with Crippen LogP contribution in [0.15, 0.2) is 11.5 Å². The molecule has 1 rings (SSSR count). The maximum atomic E-state index is 9.37. The summed E-state index contributed by atoms with van der Waals surface area (Å²) in [7, 11) is 0. The highest BCUT2D eigenvalue weighted by atomic mass is 16.3. The van der Waals surface area contributed by atoms with Crippen molar-refractivity contribution in [3.63, 3.8) is 0 Å². The van der Waals surface area contributed by atoms with Crippen LogP contribution in [0.4, 0.5) is 0 Å². The second-order valence-electron chi connectivity index (χ2n) is 2.50. The molecule has 70 valence electrons. The molecule has 0 saturated heterocycles. The second-order valence-corrected chi connectivity index (χ2v) is 2.50. The van der Waals surface area contributed by atoms with E-state index in [9.17, 15) is 5.11 Å². The van der Waals surface area contributed by atoms with Crippen LogP contribution in [0, 0.1) is 0 Å². The fourth-order valence-corrected chi connectivity index (χ4v) is 0.986. The Bertz CT molecular complexity index is 181. The number of nitrogens with two attached hydrogens (primary N) is 2. The van der Waals surface area contributed by atoms with Crippen molar-refractivity contribution in [2.75, 3.05) is 19.8 Å². The third-order valence-electron chi connectivity index (χ3n) is 1.60. The number of aliphatic hydroxyl groups excluding tert-OH is 1. The van der Waals surface area contributed by atoms with Gasteiger partial charge < -0.3 is 27.2 Å². The van der Waals surface area contributed by atoms with E-state index in [1.807, 2.05) is 0 Å². The lowest BCUT2D eigenvalue weighted by molar-refractivity contribution is 0.151. The standard InChI is InChI=1S/C6H15N5O/c7-1-2-9-4-5(8)10-3-11-6(4)12/h6,9-12H,1-3,7-8H2. The summed E-state index contributed by atoms with van der Waals surface area (Å²) in [5.74, 6) is 0.467. The molecule has 6 heteroatoms. The summed E-state index contributed by atoms with van der Waals surface area (Å²) in [5.41, 5.74) is 11.4. The Morgan fingerprint density at radius 3 is 3.00 bits per heavy atom. The van der Waals surface area contributed by atoms with E-state index in [1.165, 1.54) is 0 Å². The van der Waals surface area contributed by atoms with Crippen LogP contribution >= 0.6 is 0 Å². The lowest BCUT2D eigenvalue weighted by Crippen LogP contribution is -2.50. The molecule has 0 aliphatic carbocycles. The Hall–Kier alpha value is -0.980. The molecular formula is C6H15N5O. The van der Waals surface area contributed by atoms with Gasteiger partial charge in [-0.05, 0) is 0 Å². The van der Waals surface area contributed by atoms with Crippen molar-refractivity contribution in [2.24, 2.45) is 11.5 Å². The molecule has 1 aliphatic heterocycles. The molecule has 0 radical (unpaired) electrons. The zero-order valence-corrected chi connectivity index (χ0v) is 6.80. The van der Waals surface area contributed by atoms with E-state index in [0.29, 0.717) is 31.3 Å². The first kappa shape index (κ1) is 9.11. The zero-order valence-electron chi connectivity index (χ0n) is 6.80. The van der Waals surface area contributed by atoms with Crippen LogP contribution in [-0.2, 0) is 0 Å². The highest BCUT2D eigenvalue weighted by Crippen LogP contribution is 2.00. The largest absolute Gasteiger partial charge is 0.384 e. The fraction of sp³-hybridized carbons (Fsp3) is 0.667. The molecule has 1 unspecified atom stereocenters. The first-order valence-electron chi connectivity index (χ1n) is 3.84. The van der Waals surface area contributed by atoms with Crippen molar-refractivity contribution < 1.29 is 5.11 Å². The van der Waals surface area contributed by atoms with Crippen LogP contribution in [0.1, 0.15) is 0 Å². The Labute approximate surface area is 71.0 Å². The monoisotopic (exact) mass is 173 g/mol. The third kappa shape index (κ3) is 2.00. The Balaban J connectivity index is 2.55. The number of hydrogen-bond donors (Lipinski definition) is 6. The predicted octanol–water partition coefficient (Wildman–Crippen LogP) is -2.87. The van der Waals surface area contributed by atoms with Gasteiger partial charge in [0.2, 0.25) is 0 Å². The van der Waals surface area contributed by atoms with Crippen LogP contribution in [-0.4, -0.2) is 31.1 Å². The summed E-state index contributed by atoms with van der Waals surface area (Å²) in [6, 6.07) is 0. The second kappa shape index (κ2) is 4.15. The van der Waals surface area contributed by atoms with E-state index in [-0.39, 0.29) is 0 Å². The summed E-state index contributed by atoms with van der Waals surface area (Å²) in [5, 5.41) is 17.9. The smallest absolute Gasteiger partial charge is 0.150 e. The summed E-state index contributed by atoms with van der Waals surface area (Å²) in [6.07, 6.45) is -0.724. The molecule has 0 amide bonds. The Morgan fingerprint density at radius 2 is 2.42 bits per heavy atom. The van der Waals surface area contributed by atoms with Gasteiger partial charge in [0.15, 0.2) is 6.23 Å². The normalized spacial score (nSPS) is 23.7.